The maximum atomic E-state index is 12.7. The third kappa shape index (κ3) is 42.1. The topological polar surface area (TPSA) is 108 Å². The molecule has 0 aromatic carbocycles. The summed E-state index contributed by atoms with van der Waals surface area (Å²) in [5.41, 5.74) is 0. The van der Waals surface area contributed by atoms with Crippen LogP contribution in [0.3, 0.4) is 0 Å². The molecule has 56 heavy (non-hydrogen) atoms. The van der Waals surface area contributed by atoms with Gasteiger partial charge in [-0.3, -0.25) is 18.6 Å². The smallest absolute Gasteiger partial charge is 0.462 e. The van der Waals surface area contributed by atoms with Gasteiger partial charge in [-0.1, -0.05) is 167 Å². The SMILES string of the molecule is CCCCCCCC/C=C/CCCCCCCCCC(=O)OC[C@H](COP(=O)(O)OCC[N+](C)(C)C)OC(=O)CC/C=C/CCCCCCCCCCCCC. The van der Waals surface area contributed by atoms with Crippen LogP contribution >= 0.6 is 7.82 Å². The summed E-state index contributed by atoms with van der Waals surface area (Å²) >= 11 is 0. The van der Waals surface area contributed by atoms with Gasteiger partial charge < -0.3 is 18.9 Å². The number of carbonyl (C=O) groups excluding carboxylic acids is 2. The summed E-state index contributed by atoms with van der Waals surface area (Å²) in [5, 5.41) is 0. The number of likely N-dealkylation sites (N-methyl/N-ethyl adjacent to an activating group) is 1. The van der Waals surface area contributed by atoms with Crippen LogP contribution in [0.15, 0.2) is 24.3 Å². The molecule has 0 heterocycles. The standard InChI is InChI=1S/C46H88NO8P/c1-6-8-10-12-14-16-18-20-22-23-25-26-28-30-32-34-36-38-45(48)52-42-44(43-54-56(50,51)53-41-40-47(3,4)5)55-46(49)39-37-35-33-31-29-27-24-21-19-17-15-13-11-9-7-2/h20,22,33,35,44H,6-19,21,23-32,34,36-43H2,1-5H3/p+1/b22-20+,35-33+/t44-/m1/s1. The fourth-order valence-corrected chi connectivity index (χ4v) is 7.06. The molecule has 0 rings (SSSR count). The molecule has 0 aromatic rings. The van der Waals surface area contributed by atoms with Crippen LogP contribution in [0.25, 0.3) is 0 Å². The molecule has 0 aliphatic rings. The van der Waals surface area contributed by atoms with Crippen molar-refractivity contribution in [2.45, 2.75) is 213 Å². The van der Waals surface area contributed by atoms with Crippen LogP contribution in [0.1, 0.15) is 206 Å². The van der Waals surface area contributed by atoms with E-state index in [0.29, 0.717) is 17.4 Å². The van der Waals surface area contributed by atoms with Crippen molar-refractivity contribution in [2.75, 3.05) is 47.5 Å². The maximum absolute atomic E-state index is 12.7. The highest BCUT2D eigenvalue weighted by atomic mass is 31.2. The van der Waals surface area contributed by atoms with E-state index >= 15 is 0 Å². The van der Waals surface area contributed by atoms with E-state index in [1.807, 2.05) is 27.2 Å². The van der Waals surface area contributed by atoms with Gasteiger partial charge >= 0.3 is 19.8 Å². The van der Waals surface area contributed by atoms with Crippen LogP contribution < -0.4 is 0 Å². The number of phosphoric acid groups is 1. The number of phosphoric ester groups is 1. The molecule has 10 heteroatoms. The Kier molecular flexibility index (Phi) is 37.9. The van der Waals surface area contributed by atoms with Crippen LogP contribution in [0.5, 0.6) is 0 Å². The fraction of sp³-hybridized carbons (Fsp3) is 0.870. The average molecular weight is 815 g/mol. The van der Waals surface area contributed by atoms with E-state index in [4.69, 9.17) is 18.5 Å². The second-order valence-corrected chi connectivity index (χ2v) is 18.2. The quantitative estimate of drug-likeness (QED) is 0.0213. The first-order chi connectivity index (χ1) is 27.0. The highest BCUT2D eigenvalue weighted by molar-refractivity contribution is 7.47. The van der Waals surface area contributed by atoms with E-state index in [0.717, 1.165) is 32.1 Å². The Balaban J connectivity index is 4.36. The lowest BCUT2D eigenvalue weighted by Crippen LogP contribution is -2.37. The first-order valence-corrected chi connectivity index (χ1v) is 24.6. The highest BCUT2D eigenvalue weighted by Gasteiger charge is 2.27. The molecule has 0 fully saturated rings. The van der Waals surface area contributed by atoms with Gasteiger partial charge in [0.25, 0.3) is 0 Å². The van der Waals surface area contributed by atoms with Crippen molar-refractivity contribution in [2.24, 2.45) is 0 Å². The lowest BCUT2D eigenvalue weighted by molar-refractivity contribution is -0.870. The minimum atomic E-state index is -4.38. The van der Waals surface area contributed by atoms with Crippen molar-refractivity contribution < 1.29 is 42.1 Å². The van der Waals surface area contributed by atoms with Gasteiger partial charge in [0.15, 0.2) is 6.10 Å². The predicted molar refractivity (Wildman–Crippen MR) is 234 cm³/mol. The van der Waals surface area contributed by atoms with E-state index in [2.05, 4.69) is 32.1 Å². The second-order valence-electron chi connectivity index (χ2n) is 16.8. The lowest BCUT2D eigenvalue weighted by atomic mass is 10.1. The molecule has 0 bridgehead atoms. The molecule has 9 nitrogen and oxygen atoms in total. The Labute approximate surface area is 345 Å². The van der Waals surface area contributed by atoms with Crippen LogP contribution in [-0.2, 0) is 32.7 Å². The third-order valence-corrected chi connectivity index (χ3v) is 11.0. The van der Waals surface area contributed by atoms with Crippen molar-refractivity contribution >= 4 is 19.8 Å². The minimum absolute atomic E-state index is 0.0267. The summed E-state index contributed by atoms with van der Waals surface area (Å²) < 4.78 is 34.3. The van der Waals surface area contributed by atoms with Gasteiger partial charge in [-0.05, 0) is 51.4 Å². The first-order valence-electron chi connectivity index (χ1n) is 23.1. The Morgan fingerprint density at radius 2 is 0.946 bits per heavy atom. The summed E-state index contributed by atoms with van der Waals surface area (Å²) in [4.78, 5) is 35.4. The number of carbonyl (C=O) groups is 2. The number of hydrogen-bond donors (Lipinski definition) is 1. The predicted octanol–water partition coefficient (Wildman–Crippen LogP) is 13.1. The van der Waals surface area contributed by atoms with Crippen molar-refractivity contribution in [3.05, 3.63) is 24.3 Å². The van der Waals surface area contributed by atoms with Gasteiger partial charge in [0, 0.05) is 12.8 Å². The van der Waals surface area contributed by atoms with Crippen molar-refractivity contribution in [1.82, 2.24) is 0 Å². The maximum Gasteiger partial charge on any atom is 0.472 e. The fourth-order valence-electron chi connectivity index (χ4n) is 6.32. The van der Waals surface area contributed by atoms with E-state index in [1.165, 1.54) is 141 Å². The first kappa shape index (κ1) is 54.5. The summed E-state index contributed by atoms with van der Waals surface area (Å²) in [6, 6.07) is 0. The molecule has 0 amide bonds. The van der Waals surface area contributed by atoms with Gasteiger partial charge in [0.05, 0.1) is 27.7 Å². The van der Waals surface area contributed by atoms with Gasteiger partial charge in [-0.2, -0.15) is 0 Å². The monoisotopic (exact) mass is 815 g/mol. The van der Waals surface area contributed by atoms with Crippen LogP contribution in [0, 0.1) is 0 Å². The zero-order chi connectivity index (χ0) is 41.4. The van der Waals surface area contributed by atoms with E-state index < -0.39 is 26.5 Å². The van der Waals surface area contributed by atoms with Crippen molar-refractivity contribution in [3.8, 4) is 0 Å². The summed E-state index contributed by atoms with van der Waals surface area (Å²) in [6.07, 6.45) is 42.3. The number of ether oxygens (including phenoxy) is 2. The molecular formula is C46H89NO8P+. The van der Waals surface area contributed by atoms with Gasteiger partial charge in [-0.25, -0.2) is 4.57 Å². The second kappa shape index (κ2) is 39.0. The Bertz CT molecular complexity index is 1010. The van der Waals surface area contributed by atoms with Gasteiger partial charge in [-0.15, -0.1) is 0 Å². The number of nitrogens with zero attached hydrogens (tertiary/aromatic N) is 1. The number of unbranched alkanes of at least 4 members (excludes halogenated alkanes) is 24. The molecule has 0 aliphatic heterocycles. The number of allylic oxidation sites excluding steroid dienone is 4. The number of rotatable bonds is 42. The molecule has 1 unspecified atom stereocenters. The zero-order valence-corrected chi connectivity index (χ0v) is 38.0. The number of hydrogen-bond acceptors (Lipinski definition) is 7. The molecule has 1 N–H and O–H groups in total. The molecule has 0 saturated heterocycles. The van der Waals surface area contributed by atoms with Crippen molar-refractivity contribution in [1.29, 1.82) is 0 Å². The van der Waals surface area contributed by atoms with E-state index in [9.17, 15) is 19.0 Å². The summed E-state index contributed by atoms with van der Waals surface area (Å²) in [5.74, 6) is -0.854. The lowest BCUT2D eigenvalue weighted by Gasteiger charge is -2.24. The van der Waals surface area contributed by atoms with Crippen LogP contribution in [-0.4, -0.2) is 74.9 Å². The summed E-state index contributed by atoms with van der Waals surface area (Å²) in [7, 11) is 1.46. The normalized spacial score (nSPS) is 13.8. The van der Waals surface area contributed by atoms with Gasteiger partial charge in [0.2, 0.25) is 0 Å². The third-order valence-electron chi connectivity index (χ3n) is 9.97. The Hall–Kier alpha value is -1.51. The molecule has 330 valence electrons. The minimum Gasteiger partial charge on any atom is -0.462 e. The van der Waals surface area contributed by atoms with Gasteiger partial charge in [0.1, 0.15) is 19.8 Å². The molecule has 0 aromatic heterocycles. The Morgan fingerprint density at radius 3 is 1.39 bits per heavy atom. The number of esters is 2. The average Bonchev–Trinajstić information content (AvgIpc) is 3.15. The largest absolute Gasteiger partial charge is 0.472 e. The van der Waals surface area contributed by atoms with Crippen LogP contribution in [0.2, 0.25) is 0 Å². The van der Waals surface area contributed by atoms with Crippen molar-refractivity contribution in [3.63, 3.8) is 0 Å². The molecule has 2 atom stereocenters. The number of quaternary nitrogens is 1. The molecule has 0 saturated carbocycles. The molecular weight excluding hydrogens is 725 g/mol. The van der Waals surface area contributed by atoms with Crippen LogP contribution in [0.4, 0.5) is 0 Å². The molecule has 0 aliphatic carbocycles. The highest BCUT2D eigenvalue weighted by Crippen LogP contribution is 2.43. The Morgan fingerprint density at radius 1 is 0.536 bits per heavy atom. The summed E-state index contributed by atoms with van der Waals surface area (Å²) in [6.45, 7) is 4.39. The molecule has 0 radical (unpaired) electrons. The van der Waals surface area contributed by atoms with E-state index in [1.54, 1.807) is 0 Å². The molecule has 0 spiro atoms. The zero-order valence-electron chi connectivity index (χ0n) is 37.1. The van der Waals surface area contributed by atoms with E-state index in [-0.39, 0.29) is 32.0 Å².